The molecule has 41 heteroatoms. The summed E-state index contributed by atoms with van der Waals surface area (Å²) in [7, 11) is -23.7. The molecule has 0 unspecified atom stereocenters. The SMILES string of the molecule is CCCOc1cc(N=Nc2c(C)c(C(N)=O)c3nc4ccccc4n3c2O)c(Cl)cc1N=Nc1cc(CO)c(N=Nc2nc3c(S(=O)(=O)O)cc4ccc(S(=O)(=O)O)cc4c3s2)cc1SCCCS(=O)(=O)O.CS(=O)(=O)O.O=S(=O)=O.O=S(=O)=O. The molecule has 0 aliphatic carbocycles. The van der Waals surface area contributed by atoms with Crippen molar-refractivity contribution < 1.29 is 96.9 Å². The average molecular weight is 1350 g/mol. The van der Waals surface area contributed by atoms with Crippen LogP contribution in [-0.2, 0) is 68.3 Å². The van der Waals surface area contributed by atoms with E-state index in [0.717, 1.165) is 41.3 Å². The van der Waals surface area contributed by atoms with Gasteiger partial charge in [-0.15, -0.1) is 67.7 Å². The molecule has 0 bridgehead atoms. The first-order valence-corrected chi connectivity index (χ1v) is 33.3. The van der Waals surface area contributed by atoms with Crippen molar-refractivity contribution in [3.63, 3.8) is 0 Å². The molecule has 8 N–H and O–H groups in total. The average Bonchev–Trinajstić information content (AvgIpc) is 1.80. The van der Waals surface area contributed by atoms with Crippen LogP contribution in [0.5, 0.6) is 11.6 Å². The number of hydrogen-bond donors (Lipinski definition) is 7. The summed E-state index contributed by atoms with van der Waals surface area (Å²) >= 11 is 8.62. The number of ether oxygens (including phenoxy) is 1. The van der Waals surface area contributed by atoms with Crippen LogP contribution in [-0.4, -0.2) is 132 Å². The zero-order chi connectivity index (χ0) is 63.5. The minimum absolute atomic E-state index is 0.00226. The van der Waals surface area contributed by atoms with Gasteiger partial charge in [0, 0.05) is 21.9 Å². The molecule has 85 heavy (non-hydrogen) atoms. The lowest BCUT2D eigenvalue weighted by Crippen LogP contribution is -2.15. The summed E-state index contributed by atoms with van der Waals surface area (Å²) in [5.74, 6) is -1.45. The third-order valence-corrected chi connectivity index (χ3v) is 15.5. The number of rotatable bonds is 18. The number of aliphatic hydroxyl groups excluding tert-OH is 1. The van der Waals surface area contributed by atoms with Gasteiger partial charge in [-0.25, -0.2) is 9.97 Å². The van der Waals surface area contributed by atoms with E-state index in [2.05, 4.69) is 40.7 Å². The van der Waals surface area contributed by atoms with E-state index < -0.39 is 89.7 Å². The number of benzene rings is 5. The van der Waals surface area contributed by atoms with Crippen LogP contribution in [0.25, 0.3) is 37.7 Å². The van der Waals surface area contributed by atoms with Gasteiger partial charge in [-0.05, 0) is 85.0 Å². The predicted octanol–water partition coefficient (Wildman–Crippen LogP) is 7.90. The number of para-hydroxylation sites is 2. The van der Waals surface area contributed by atoms with Gasteiger partial charge in [-0.2, -0.15) is 33.7 Å². The number of azo groups is 3. The molecule has 0 saturated carbocycles. The molecule has 8 rings (SSSR count). The van der Waals surface area contributed by atoms with E-state index in [9.17, 15) is 62.3 Å². The fourth-order valence-electron chi connectivity index (χ4n) is 7.27. The quantitative estimate of drug-likeness (QED) is 0.0186. The van der Waals surface area contributed by atoms with Gasteiger partial charge in [-0.1, -0.05) is 48.1 Å². The Bertz CT molecular complexity index is 4710. The number of carbonyl (C=O) groups is 1. The van der Waals surface area contributed by atoms with Crippen LogP contribution in [0.15, 0.2) is 118 Å². The highest BCUT2D eigenvalue weighted by molar-refractivity contribution is 7.99. The van der Waals surface area contributed by atoms with Gasteiger partial charge in [0.05, 0.1) is 67.8 Å². The Morgan fingerprint density at radius 1 is 0.788 bits per heavy atom. The molecule has 0 spiro atoms. The maximum absolute atomic E-state index is 12.7. The van der Waals surface area contributed by atoms with E-state index in [4.69, 9.17) is 51.9 Å². The fourth-order valence-corrected chi connectivity index (χ4v) is 11.3. The molecule has 0 radical (unpaired) electrons. The smallest absolute Gasteiger partial charge is 0.425 e. The Morgan fingerprint density at radius 2 is 1.40 bits per heavy atom. The fraction of sp³-hybridized carbons (Fsp3) is 0.205. The van der Waals surface area contributed by atoms with Crippen LogP contribution in [0.4, 0.5) is 33.6 Å². The van der Waals surface area contributed by atoms with Crippen molar-refractivity contribution in [2.24, 2.45) is 36.4 Å². The van der Waals surface area contributed by atoms with Gasteiger partial charge in [0.15, 0.2) is 5.65 Å². The van der Waals surface area contributed by atoms with E-state index in [-0.39, 0.29) is 112 Å². The van der Waals surface area contributed by atoms with Crippen LogP contribution in [0, 0.1) is 6.92 Å². The number of pyridine rings is 1. The number of amides is 1. The van der Waals surface area contributed by atoms with E-state index >= 15 is 0 Å². The molecule has 0 aliphatic rings. The highest BCUT2D eigenvalue weighted by atomic mass is 35.5. The molecule has 5 aromatic carbocycles. The Morgan fingerprint density at radius 3 is 1.99 bits per heavy atom. The van der Waals surface area contributed by atoms with E-state index in [1.165, 1.54) is 41.7 Å². The third kappa shape index (κ3) is 19.0. The first-order valence-electron chi connectivity index (χ1n) is 22.8. The summed E-state index contributed by atoms with van der Waals surface area (Å²) in [5, 5.41) is 48.1. The molecule has 3 heterocycles. The second kappa shape index (κ2) is 28.6. The Balaban J connectivity index is 0.000000920. The summed E-state index contributed by atoms with van der Waals surface area (Å²) < 4.78 is 185. The lowest BCUT2D eigenvalue weighted by molar-refractivity contribution is 0.100. The number of aromatic hydroxyl groups is 1. The molecule has 1 amide bonds. The number of thiazole rings is 1. The molecule has 3 aromatic heterocycles. The van der Waals surface area contributed by atoms with Gasteiger partial charge in [-0.3, -0.25) is 27.4 Å². The zero-order valence-corrected chi connectivity index (χ0v) is 50.4. The number of hydrogen-bond acceptors (Lipinski definition) is 28. The van der Waals surface area contributed by atoms with E-state index in [1.54, 1.807) is 24.3 Å². The summed E-state index contributed by atoms with van der Waals surface area (Å²) in [6.07, 6.45) is 1.29. The van der Waals surface area contributed by atoms with Crippen LogP contribution >= 0.6 is 34.7 Å². The first-order chi connectivity index (χ1) is 39.5. The number of nitrogens with two attached hydrogens (primary N) is 1. The lowest BCUT2D eigenvalue weighted by Gasteiger charge is -2.12. The molecular formula is C44H41ClN10O22S8. The number of halogens is 1. The zero-order valence-electron chi connectivity index (χ0n) is 43.1. The number of fused-ring (bicyclic) bond motifs is 6. The minimum Gasteiger partial charge on any atom is -0.493 e. The van der Waals surface area contributed by atoms with Gasteiger partial charge in [0.2, 0.25) is 11.0 Å². The van der Waals surface area contributed by atoms with Crippen molar-refractivity contribution in [3.8, 4) is 11.6 Å². The maximum atomic E-state index is 12.7. The number of imidazole rings is 1. The minimum atomic E-state index is -4.87. The van der Waals surface area contributed by atoms with E-state index in [0.29, 0.717) is 28.6 Å². The number of aromatic nitrogens is 3. The Hall–Kier alpha value is -7.45. The topological polar surface area (TPSA) is 517 Å². The molecule has 0 atom stereocenters. The molecule has 454 valence electrons. The van der Waals surface area contributed by atoms with Crippen LogP contribution in [0.2, 0.25) is 5.02 Å². The summed E-state index contributed by atoms with van der Waals surface area (Å²) in [6.45, 7) is 2.99. The van der Waals surface area contributed by atoms with Crippen molar-refractivity contribution in [3.05, 3.63) is 94.5 Å². The molecule has 8 aromatic rings. The summed E-state index contributed by atoms with van der Waals surface area (Å²) in [6, 6.07) is 17.1. The Labute approximate surface area is 496 Å². The number of nitrogens with zero attached hydrogens (tertiary/aromatic N) is 9. The molecule has 32 nitrogen and oxygen atoms in total. The molecule has 0 fully saturated rings. The summed E-state index contributed by atoms with van der Waals surface area (Å²) in [5.41, 5.74) is 7.28. The lowest BCUT2D eigenvalue weighted by atomic mass is 10.1. The normalized spacial score (nSPS) is 12.1. The second-order valence-corrected chi connectivity index (χ2v) is 25.8. The van der Waals surface area contributed by atoms with Crippen molar-refractivity contribution in [2.45, 2.75) is 48.0 Å². The van der Waals surface area contributed by atoms with Crippen LogP contribution in [0.1, 0.15) is 41.3 Å². The second-order valence-electron chi connectivity index (χ2n) is 16.6. The van der Waals surface area contributed by atoms with Gasteiger partial charge >= 0.3 is 21.2 Å². The van der Waals surface area contributed by atoms with Crippen molar-refractivity contribution in [1.29, 1.82) is 0 Å². The largest absolute Gasteiger partial charge is 0.493 e. The standard InChI is InChI=1S/C43H37ClN10O13S5.CH4O3S.2O3S/c1-3-11-67-33-18-29(49-52-37-21(2)36(40(45)56)41-46-27-7-4-5-8-32(27)54(41)42(37)57)26(44)17-30(33)50-51-31-14-23(20-55)28(19-34(31)68-12-6-13-70(58,59)60)48-53-43-47-38-35(72(64,65)66)15-22-9-10-24(71(61,62)63)16-25(22)39(38)69-43;1-5(2,3)4;2*1-4(2)3/h4-5,7-10,14-19,55,57H,3,6,11-13,20H2,1-2H3,(H2,45,56)(H,58,59,60)(H,61,62,63)(H,64,65,66);1H3,(H,2,3,4);;. The van der Waals surface area contributed by atoms with Gasteiger partial charge < -0.3 is 20.7 Å². The van der Waals surface area contributed by atoms with Crippen molar-refractivity contribution in [1.82, 2.24) is 14.4 Å². The molecule has 0 saturated heterocycles. The van der Waals surface area contributed by atoms with Gasteiger partial charge in [0.25, 0.3) is 46.4 Å². The highest BCUT2D eigenvalue weighted by Gasteiger charge is 2.25. The van der Waals surface area contributed by atoms with E-state index in [1.807, 2.05) is 6.92 Å². The number of carbonyl (C=O) groups excluding carboxylic acids is 1. The highest BCUT2D eigenvalue weighted by Crippen LogP contribution is 2.45. The number of aliphatic hydroxyl groups is 1. The van der Waals surface area contributed by atoms with Crippen molar-refractivity contribution >= 4 is 174 Å². The predicted molar refractivity (Wildman–Crippen MR) is 305 cm³/mol. The maximum Gasteiger partial charge on any atom is 0.425 e. The van der Waals surface area contributed by atoms with Gasteiger partial charge in [0.1, 0.15) is 33.2 Å². The molecular weight excluding hydrogens is 1310 g/mol. The number of primary amides is 1. The first kappa shape index (κ1) is 68.3. The van der Waals surface area contributed by atoms with Crippen molar-refractivity contribution in [2.75, 3.05) is 24.4 Å². The third-order valence-electron chi connectivity index (χ3n) is 10.6. The number of thioether (sulfide) groups is 1. The van der Waals surface area contributed by atoms with Crippen LogP contribution < -0.4 is 10.5 Å². The van der Waals surface area contributed by atoms with Crippen LogP contribution in [0.3, 0.4) is 0 Å². The Kier molecular flexibility index (Phi) is 23.0. The molecule has 0 aliphatic heterocycles. The monoisotopic (exact) mass is 1350 g/mol. The summed E-state index contributed by atoms with van der Waals surface area (Å²) in [4.78, 5) is 20.7.